The van der Waals surface area contributed by atoms with E-state index in [-0.39, 0.29) is 6.17 Å². The molecule has 1 saturated heterocycles. The molecule has 0 atom stereocenters. The largest absolute Gasteiger partial charge is 0.478 e. The van der Waals surface area contributed by atoms with E-state index in [0.29, 0.717) is 5.56 Å². The Morgan fingerprint density at radius 2 is 1.39 bits per heavy atom. The van der Waals surface area contributed by atoms with Gasteiger partial charge in [0.2, 0.25) is 0 Å². The molecule has 6 heteroatoms. The van der Waals surface area contributed by atoms with Gasteiger partial charge in [-0.3, -0.25) is 19.8 Å². The fourth-order valence-corrected chi connectivity index (χ4v) is 3.68. The van der Waals surface area contributed by atoms with E-state index in [1.54, 1.807) is 12.1 Å². The number of hydrogen-bond donors (Lipinski definition) is 1. The molecule has 1 aliphatic heterocycles. The average molecular weight is 374 g/mol. The average Bonchev–Trinajstić information content (AvgIpc) is 3.11. The van der Waals surface area contributed by atoms with Gasteiger partial charge in [-0.25, -0.2) is 4.79 Å². The van der Waals surface area contributed by atoms with Crippen LogP contribution < -0.4 is 0 Å². The van der Waals surface area contributed by atoms with E-state index in [1.807, 2.05) is 60.9 Å². The molecule has 0 bridgehead atoms. The molecule has 0 saturated carbocycles. The quantitative estimate of drug-likeness (QED) is 0.715. The lowest BCUT2D eigenvalue weighted by atomic mass is 10.1. The van der Waals surface area contributed by atoms with Crippen LogP contribution in [0.3, 0.4) is 0 Å². The van der Waals surface area contributed by atoms with Gasteiger partial charge in [-0.05, 0) is 42.0 Å². The number of hydrogen-bond acceptors (Lipinski definition) is 5. The Morgan fingerprint density at radius 3 is 1.82 bits per heavy atom. The minimum absolute atomic E-state index is 0.0480. The van der Waals surface area contributed by atoms with E-state index in [4.69, 9.17) is 0 Å². The predicted molar refractivity (Wildman–Crippen MR) is 105 cm³/mol. The second-order valence-electron chi connectivity index (χ2n) is 6.88. The third-order valence-corrected chi connectivity index (χ3v) is 5.00. The van der Waals surface area contributed by atoms with Crippen molar-refractivity contribution < 1.29 is 9.90 Å². The molecule has 0 radical (unpaired) electrons. The van der Waals surface area contributed by atoms with Crippen LogP contribution in [0.2, 0.25) is 0 Å². The van der Waals surface area contributed by atoms with Gasteiger partial charge in [0.25, 0.3) is 0 Å². The zero-order valence-electron chi connectivity index (χ0n) is 15.5. The smallest absolute Gasteiger partial charge is 0.335 e. The summed E-state index contributed by atoms with van der Waals surface area (Å²) < 4.78 is 0. The third-order valence-electron chi connectivity index (χ3n) is 5.00. The van der Waals surface area contributed by atoms with Gasteiger partial charge in [0.1, 0.15) is 0 Å². The van der Waals surface area contributed by atoms with E-state index in [0.717, 1.165) is 43.1 Å². The molecule has 2 aromatic heterocycles. The molecule has 3 heterocycles. The topological polar surface area (TPSA) is 69.6 Å². The summed E-state index contributed by atoms with van der Waals surface area (Å²) in [5.74, 6) is -0.909. The molecule has 142 valence electrons. The molecule has 6 nitrogen and oxygen atoms in total. The molecule has 1 N–H and O–H groups in total. The zero-order chi connectivity index (χ0) is 19.3. The van der Waals surface area contributed by atoms with Gasteiger partial charge < -0.3 is 5.11 Å². The van der Waals surface area contributed by atoms with Crippen molar-refractivity contribution in [3.8, 4) is 0 Å². The number of carboxylic acids is 1. The van der Waals surface area contributed by atoms with Crippen molar-refractivity contribution in [1.82, 2.24) is 19.8 Å². The lowest BCUT2D eigenvalue weighted by molar-refractivity contribution is 0.0696. The van der Waals surface area contributed by atoms with Crippen molar-refractivity contribution in [2.24, 2.45) is 0 Å². The van der Waals surface area contributed by atoms with Crippen molar-refractivity contribution in [1.29, 1.82) is 0 Å². The van der Waals surface area contributed by atoms with E-state index in [1.165, 1.54) is 0 Å². The van der Waals surface area contributed by atoms with E-state index in [2.05, 4.69) is 19.8 Å². The van der Waals surface area contributed by atoms with Crippen LogP contribution in [-0.2, 0) is 13.1 Å². The van der Waals surface area contributed by atoms with Crippen LogP contribution in [0.5, 0.6) is 0 Å². The third kappa shape index (κ3) is 4.08. The van der Waals surface area contributed by atoms with Crippen molar-refractivity contribution in [2.45, 2.75) is 19.3 Å². The van der Waals surface area contributed by atoms with Crippen LogP contribution in [0.15, 0.2) is 73.1 Å². The molecule has 4 rings (SSSR count). The molecule has 0 spiro atoms. The number of benzene rings is 1. The van der Waals surface area contributed by atoms with Gasteiger partial charge >= 0.3 is 5.97 Å². The van der Waals surface area contributed by atoms with Crippen LogP contribution in [0.4, 0.5) is 0 Å². The van der Waals surface area contributed by atoms with E-state index in [9.17, 15) is 9.90 Å². The number of carboxylic acid groups (broad SMARTS) is 1. The standard InChI is InChI=1S/C22H22N4O2/c27-22(28)18-9-7-17(8-10-18)21-25(15-19-5-1-3-11-23-19)13-14-26(21)16-20-6-2-4-12-24-20/h1-12,21H,13-16H2,(H,27,28). The summed E-state index contributed by atoms with van der Waals surface area (Å²) in [4.78, 5) is 24.9. The molecule has 1 aromatic carbocycles. The molecule has 28 heavy (non-hydrogen) atoms. The van der Waals surface area contributed by atoms with Crippen molar-refractivity contribution in [3.63, 3.8) is 0 Å². The highest BCUT2D eigenvalue weighted by Crippen LogP contribution is 2.32. The maximum absolute atomic E-state index is 11.2. The monoisotopic (exact) mass is 374 g/mol. The highest BCUT2D eigenvalue weighted by molar-refractivity contribution is 5.87. The maximum atomic E-state index is 11.2. The van der Waals surface area contributed by atoms with Gasteiger partial charge in [-0.2, -0.15) is 0 Å². The van der Waals surface area contributed by atoms with Gasteiger partial charge in [0.15, 0.2) is 0 Å². The Balaban J connectivity index is 1.61. The molecule has 0 unspecified atom stereocenters. The number of rotatable bonds is 6. The van der Waals surface area contributed by atoms with Crippen molar-refractivity contribution in [3.05, 3.63) is 95.6 Å². The van der Waals surface area contributed by atoms with Crippen LogP contribution >= 0.6 is 0 Å². The maximum Gasteiger partial charge on any atom is 0.335 e. The van der Waals surface area contributed by atoms with Crippen molar-refractivity contribution in [2.75, 3.05) is 13.1 Å². The SMILES string of the molecule is O=C(O)c1ccc(C2N(Cc3ccccn3)CCN2Cc2ccccn2)cc1. The highest BCUT2D eigenvalue weighted by atomic mass is 16.4. The summed E-state index contributed by atoms with van der Waals surface area (Å²) in [6.07, 6.45) is 3.67. The molecule has 3 aromatic rings. The summed E-state index contributed by atoms with van der Waals surface area (Å²) in [6, 6.07) is 19.1. The number of nitrogens with zero attached hydrogens (tertiary/aromatic N) is 4. The van der Waals surface area contributed by atoms with Gasteiger partial charge in [-0.1, -0.05) is 24.3 Å². The lowest BCUT2D eigenvalue weighted by Gasteiger charge is -2.30. The molecule has 0 aliphatic carbocycles. The molecule has 0 amide bonds. The van der Waals surface area contributed by atoms with Crippen LogP contribution in [0, 0.1) is 0 Å². The normalized spacial score (nSPS) is 15.7. The summed E-state index contributed by atoms with van der Waals surface area (Å²) in [5, 5.41) is 9.20. The first kappa shape index (κ1) is 18.3. The second-order valence-corrected chi connectivity index (χ2v) is 6.88. The van der Waals surface area contributed by atoms with Gasteiger partial charge in [0.05, 0.1) is 23.1 Å². The lowest BCUT2D eigenvalue weighted by Crippen LogP contribution is -2.31. The second kappa shape index (κ2) is 8.29. The van der Waals surface area contributed by atoms with Crippen molar-refractivity contribution >= 4 is 5.97 Å². The minimum Gasteiger partial charge on any atom is -0.478 e. The van der Waals surface area contributed by atoms with Gasteiger partial charge in [0, 0.05) is 38.6 Å². The fraction of sp³-hybridized carbons (Fsp3) is 0.227. The molecule has 1 fully saturated rings. The van der Waals surface area contributed by atoms with Gasteiger partial charge in [-0.15, -0.1) is 0 Å². The summed E-state index contributed by atoms with van der Waals surface area (Å²) >= 11 is 0. The van der Waals surface area contributed by atoms with Crippen LogP contribution in [0.25, 0.3) is 0 Å². The first-order chi connectivity index (χ1) is 13.7. The fourth-order valence-electron chi connectivity index (χ4n) is 3.68. The number of carbonyl (C=O) groups is 1. The Hall–Kier alpha value is -3.09. The Kier molecular flexibility index (Phi) is 5.41. The zero-order valence-corrected chi connectivity index (χ0v) is 15.5. The molecular weight excluding hydrogens is 352 g/mol. The summed E-state index contributed by atoms with van der Waals surface area (Å²) in [7, 11) is 0. The summed E-state index contributed by atoms with van der Waals surface area (Å²) in [6.45, 7) is 3.30. The van der Waals surface area contributed by atoms with E-state index < -0.39 is 5.97 Å². The Labute approximate surface area is 164 Å². The summed E-state index contributed by atoms with van der Waals surface area (Å²) in [5.41, 5.74) is 3.42. The first-order valence-corrected chi connectivity index (χ1v) is 9.32. The molecule has 1 aliphatic rings. The number of aromatic carboxylic acids is 1. The van der Waals surface area contributed by atoms with E-state index >= 15 is 0 Å². The minimum atomic E-state index is -0.909. The predicted octanol–water partition coefficient (Wildman–Crippen LogP) is 3.19. The number of aromatic nitrogens is 2. The first-order valence-electron chi connectivity index (χ1n) is 9.32. The molecular formula is C22H22N4O2. The van der Waals surface area contributed by atoms with Crippen LogP contribution in [0.1, 0.15) is 33.5 Å². The Bertz CT molecular complexity index is 867. The van der Waals surface area contributed by atoms with Crippen LogP contribution in [-0.4, -0.2) is 43.9 Å². The Morgan fingerprint density at radius 1 is 0.857 bits per heavy atom. The number of pyridine rings is 2. The highest BCUT2D eigenvalue weighted by Gasteiger charge is 2.33.